The van der Waals surface area contributed by atoms with E-state index >= 15 is 0 Å². The van der Waals surface area contributed by atoms with Crippen molar-refractivity contribution in [3.63, 3.8) is 0 Å². The number of thiol groups is 1. The summed E-state index contributed by atoms with van der Waals surface area (Å²) in [6, 6.07) is 13.4. The maximum atomic E-state index is 9.57. The lowest BCUT2D eigenvalue weighted by Crippen LogP contribution is -2.13. The molecule has 0 bridgehead atoms. The number of nitrogens with zero attached hydrogens (tertiary/aromatic N) is 1. The Morgan fingerprint density at radius 1 is 1.29 bits per heavy atom. The van der Waals surface area contributed by atoms with Crippen LogP contribution in [0.5, 0.6) is 5.75 Å². The highest BCUT2D eigenvalue weighted by atomic mass is 32.1. The van der Waals surface area contributed by atoms with E-state index in [2.05, 4.69) is 12.6 Å². The second-order valence-corrected chi connectivity index (χ2v) is 6.38. The summed E-state index contributed by atoms with van der Waals surface area (Å²) in [5, 5.41) is 10.7. The molecule has 1 N–H and O–H groups in total. The third-order valence-corrected chi connectivity index (χ3v) is 3.97. The van der Waals surface area contributed by atoms with E-state index in [0.717, 1.165) is 51.7 Å². The monoisotopic (exact) mass is 345 g/mol. The topological polar surface area (TPSA) is 49.8 Å². The van der Waals surface area contributed by atoms with Crippen LogP contribution in [-0.4, -0.2) is 18.5 Å². The fourth-order valence-electron chi connectivity index (χ4n) is 2.13. The van der Waals surface area contributed by atoms with Crippen LogP contribution in [0, 0.1) is 12.8 Å². The highest BCUT2D eigenvalue weighted by Crippen LogP contribution is 2.25. The number of benzene rings is 2. The Hall–Kier alpha value is -1.98. The van der Waals surface area contributed by atoms with Gasteiger partial charge in [-0.25, -0.2) is 0 Å². The number of anilines is 1. The number of rotatable bonds is 5. The van der Waals surface area contributed by atoms with Crippen molar-refractivity contribution >= 4 is 24.6 Å². The second kappa shape index (κ2) is 8.76. The molecule has 0 saturated heterocycles. The van der Waals surface area contributed by atoms with Gasteiger partial charge in [-0.2, -0.15) is 0 Å². The van der Waals surface area contributed by atoms with Gasteiger partial charge in [0.25, 0.3) is 0 Å². The van der Waals surface area contributed by atoms with Gasteiger partial charge in [0, 0.05) is 23.4 Å². The van der Waals surface area contributed by atoms with Gasteiger partial charge in [0.2, 0.25) is 0 Å². The Bertz CT molecular complexity index is 684. The minimum absolute atomic E-state index is 0.411. The number of carbonyl (C=O) groups is 1. The molecule has 3 rings (SSSR count). The predicted molar refractivity (Wildman–Crippen MR) is 98.2 cm³/mol. The van der Waals surface area contributed by atoms with Crippen LogP contribution in [0.1, 0.15) is 24.0 Å². The summed E-state index contributed by atoms with van der Waals surface area (Å²) in [7, 11) is 1.60. The molecule has 1 saturated carbocycles. The van der Waals surface area contributed by atoms with E-state index in [4.69, 9.17) is 4.74 Å². The molecule has 4 nitrogen and oxygen atoms in total. The minimum atomic E-state index is 0.411. The van der Waals surface area contributed by atoms with Crippen LogP contribution in [0.4, 0.5) is 5.69 Å². The molecule has 0 radical (unpaired) electrons. The number of aryl methyl sites for hydroxylation is 1. The molecule has 24 heavy (non-hydrogen) atoms. The first kappa shape index (κ1) is 18.4. The number of aldehydes is 1. The molecule has 5 heteroatoms. The quantitative estimate of drug-likeness (QED) is 0.482. The summed E-state index contributed by atoms with van der Waals surface area (Å²) >= 11 is 4.29. The number of hydrogen-bond donors (Lipinski definition) is 2. The van der Waals surface area contributed by atoms with E-state index < -0.39 is 0 Å². The van der Waals surface area contributed by atoms with Crippen LogP contribution in [0.15, 0.2) is 47.4 Å². The molecule has 0 aliphatic heterocycles. The summed E-state index contributed by atoms with van der Waals surface area (Å²) in [6.45, 7) is 2.40. The zero-order valence-corrected chi connectivity index (χ0v) is 14.9. The lowest BCUT2D eigenvalue weighted by Gasteiger charge is -2.16. The molecular weight excluding hydrogens is 322 g/mol. The molecule has 0 spiro atoms. The van der Waals surface area contributed by atoms with Crippen LogP contribution < -0.4 is 9.80 Å². The lowest BCUT2D eigenvalue weighted by molar-refractivity contribution is -0.108. The molecule has 0 amide bonds. The third-order valence-electron chi connectivity index (χ3n) is 3.70. The predicted octanol–water partition coefficient (Wildman–Crippen LogP) is 4.28. The molecule has 1 fully saturated rings. The number of ether oxygens (including phenoxy) is 1. The van der Waals surface area contributed by atoms with Crippen molar-refractivity contribution in [2.75, 3.05) is 12.1 Å². The zero-order chi connectivity index (χ0) is 17.5. The van der Waals surface area contributed by atoms with Crippen molar-refractivity contribution in [1.82, 2.24) is 0 Å². The van der Waals surface area contributed by atoms with Crippen molar-refractivity contribution in [2.45, 2.75) is 31.3 Å². The molecule has 128 valence electrons. The molecule has 2 aromatic rings. The summed E-state index contributed by atoms with van der Waals surface area (Å²) in [6.07, 6.45) is 3.31. The Labute approximate surface area is 148 Å². The van der Waals surface area contributed by atoms with Gasteiger partial charge in [0.05, 0.1) is 5.69 Å². The number of hydrogen-bond acceptors (Lipinski definition) is 5. The molecule has 1 aliphatic carbocycles. The minimum Gasteiger partial charge on any atom is -0.489 e. The van der Waals surface area contributed by atoms with Gasteiger partial charge in [-0.1, -0.05) is 18.2 Å². The van der Waals surface area contributed by atoms with Gasteiger partial charge >= 0.3 is 0 Å². The smallest absolute Gasteiger partial charge is 0.123 e. The average Bonchev–Trinajstić information content (AvgIpc) is 3.39. The molecule has 0 unspecified atom stereocenters. The van der Waals surface area contributed by atoms with Gasteiger partial charge in [-0.3, -0.25) is 10.3 Å². The summed E-state index contributed by atoms with van der Waals surface area (Å²) in [5.74, 6) is 1.28. The van der Waals surface area contributed by atoms with Crippen LogP contribution >= 0.6 is 12.6 Å². The fraction of sp³-hybridized carbons (Fsp3) is 0.316. The van der Waals surface area contributed by atoms with E-state index in [-0.39, 0.29) is 0 Å². The second-order valence-electron chi connectivity index (χ2n) is 5.86. The Balaban J connectivity index is 0.000000355. The van der Waals surface area contributed by atoms with Crippen molar-refractivity contribution in [1.29, 1.82) is 0 Å². The zero-order valence-electron chi connectivity index (χ0n) is 14.0. The third kappa shape index (κ3) is 5.58. The van der Waals surface area contributed by atoms with Crippen LogP contribution in [0.3, 0.4) is 0 Å². The Kier molecular flexibility index (Phi) is 6.70. The van der Waals surface area contributed by atoms with E-state index in [1.54, 1.807) is 7.05 Å². The standard InChI is InChI=1S/C15H17NO2S.C4H6O/c1-11-9-13(19)7-8-15(11)18-10-12-5-3-4-6-14(12)16(2)17;5-3-4-1-2-4/h3-9,17,19H,10H2,1-2H3;3-4H,1-2H2. The van der Waals surface area contributed by atoms with Crippen LogP contribution in [0.25, 0.3) is 0 Å². The highest BCUT2D eigenvalue weighted by molar-refractivity contribution is 7.80. The van der Waals surface area contributed by atoms with Crippen LogP contribution in [0.2, 0.25) is 0 Å². The maximum Gasteiger partial charge on any atom is 0.123 e. The van der Waals surface area contributed by atoms with Gasteiger partial charge in [-0.05, 0) is 49.6 Å². The van der Waals surface area contributed by atoms with Gasteiger partial charge in [0.1, 0.15) is 18.6 Å². The SMILES string of the molecule is Cc1cc(S)ccc1OCc1ccccc1N(C)O.O=CC1CC1. The normalized spacial score (nSPS) is 12.8. The Morgan fingerprint density at radius 2 is 2.00 bits per heavy atom. The molecular formula is C19H23NO3S. The van der Waals surface area contributed by atoms with E-state index in [0.29, 0.717) is 12.5 Å². The number of hydroxylamine groups is 1. The van der Waals surface area contributed by atoms with E-state index in [1.807, 2.05) is 49.4 Å². The average molecular weight is 345 g/mol. The Morgan fingerprint density at radius 3 is 2.54 bits per heavy atom. The summed E-state index contributed by atoms with van der Waals surface area (Å²) < 4.78 is 5.80. The van der Waals surface area contributed by atoms with E-state index in [1.165, 1.54) is 0 Å². The molecule has 0 heterocycles. The van der Waals surface area contributed by atoms with Crippen LogP contribution in [-0.2, 0) is 11.4 Å². The lowest BCUT2D eigenvalue weighted by atomic mass is 10.2. The summed E-state index contributed by atoms with van der Waals surface area (Å²) in [5.41, 5.74) is 2.72. The molecule has 2 aromatic carbocycles. The van der Waals surface area contributed by atoms with Crippen molar-refractivity contribution in [3.05, 3.63) is 53.6 Å². The highest BCUT2D eigenvalue weighted by Gasteiger charge is 2.18. The van der Waals surface area contributed by atoms with Crippen molar-refractivity contribution in [2.24, 2.45) is 5.92 Å². The van der Waals surface area contributed by atoms with Crippen molar-refractivity contribution in [3.8, 4) is 5.75 Å². The number of para-hydroxylation sites is 1. The maximum absolute atomic E-state index is 9.57. The van der Waals surface area contributed by atoms with Gasteiger partial charge in [0.15, 0.2) is 0 Å². The fourth-order valence-corrected chi connectivity index (χ4v) is 2.40. The molecule has 0 atom stereocenters. The summed E-state index contributed by atoms with van der Waals surface area (Å²) in [4.78, 5) is 10.5. The van der Waals surface area contributed by atoms with Gasteiger partial charge < -0.3 is 9.53 Å². The molecule has 1 aliphatic rings. The molecule has 0 aromatic heterocycles. The van der Waals surface area contributed by atoms with Crippen molar-refractivity contribution < 1.29 is 14.7 Å². The van der Waals surface area contributed by atoms with E-state index in [9.17, 15) is 10.0 Å². The first-order valence-corrected chi connectivity index (χ1v) is 8.34. The largest absolute Gasteiger partial charge is 0.489 e. The first-order valence-electron chi connectivity index (χ1n) is 7.89. The number of carbonyl (C=O) groups excluding carboxylic acids is 1. The first-order chi connectivity index (χ1) is 11.5. The van der Waals surface area contributed by atoms with Gasteiger partial charge in [-0.15, -0.1) is 12.6 Å².